The Morgan fingerprint density at radius 3 is 2.71 bits per heavy atom. The zero-order valence-corrected chi connectivity index (χ0v) is 13.7. The third-order valence-corrected chi connectivity index (χ3v) is 4.54. The SMILES string of the molecule is Fc1ccc(NC(=S)N2CCn3cccc3C2c2ccco2)cc1. The van der Waals surface area contributed by atoms with Gasteiger partial charge in [0.1, 0.15) is 17.6 Å². The van der Waals surface area contributed by atoms with Gasteiger partial charge in [0.15, 0.2) is 5.11 Å². The van der Waals surface area contributed by atoms with Crippen LogP contribution < -0.4 is 5.32 Å². The highest BCUT2D eigenvalue weighted by molar-refractivity contribution is 7.80. The number of hydrogen-bond donors (Lipinski definition) is 1. The summed E-state index contributed by atoms with van der Waals surface area (Å²) in [5.74, 6) is 0.577. The molecule has 122 valence electrons. The Hall–Kier alpha value is -2.60. The van der Waals surface area contributed by atoms with E-state index in [1.165, 1.54) is 12.1 Å². The van der Waals surface area contributed by atoms with Gasteiger partial charge in [0.25, 0.3) is 0 Å². The third kappa shape index (κ3) is 2.69. The van der Waals surface area contributed by atoms with Crippen LogP contribution in [0.4, 0.5) is 10.1 Å². The first-order chi connectivity index (χ1) is 11.7. The van der Waals surface area contributed by atoms with Gasteiger partial charge < -0.3 is 19.2 Å². The molecule has 0 fully saturated rings. The van der Waals surface area contributed by atoms with E-state index in [4.69, 9.17) is 16.6 Å². The van der Waals surface area contributed by atoms with Gasteiger partial charge in [0, 0.05) is 30.7 Å². The van der Waals surface area contributed by atoms with Crippen molar-refractivity contribution in [3.8, 4) is 0 Å². The van der Waals surface area contributed by atoms with E-state index in [1.807, 2.05) is 18.2 Å². The standard InChI is InChI=1S/C18H16FN3OS/c19-13-5-7-14(8-6-13)20-18(24)22-11-10-21-9-1-3-15(21)17(22)16-4-2-12-23-16/h1-9,12,17H,10-11H2,(H,20,24). The molecule has 1 N–H and O–H groups in total. The van der Waals surface area contributed by atoms with E-state index in [0.29, 0.717) is 5.11 Å². The summed E-state index contributed by atoms with van der Waals surface area (Å²) in [5.41, 5.74) is 1.90. The number of fused-ring (bicyclic) bond motifs is 1. The number of anilines is 1. The number of furan rings is 1. The molecule has 24 heavy (non-hydrogen) atoms. The predicted octanol–water partition coefficient (Wildman–Crippen LogP) is 4.02. The number of halogens is 1. The van der Waals surface area contributed by atoms with Gasteiger partial charge in [-0.25, -0.2) is 4.39 Å². The molecule has 1 aliphatic heterocycles. The van der Waals surface area contributed by atoms with Crippen molar-refractivity contribution < 1.29 is 8.81 Å². The molecule has 0 aliphatic carbocycles. The highest BCUT2D eigenvalue weighted by Gasteiger charge is 2.32. The number of thiocarbonyl (C=S) groups is 1. The molecule has 0 radical (unpaired) electrons. The topological polar surface area (TPSA) is 33.3 Å². The maximum atomic E-state index is 13.1. The van der Waals surface area contributed by atoms with Gasteiger partial charge in [-0.2, -0.15) is 0 Å². The summed E-state index contributed by atoms with van der Waals surface area (Å²) >= 11 is 5.61. The summed E-state index contributed by atoms with van der Waals surface area (Å²) < 4.78 is 20.9. The molecule has 4 rings (SSSR count). The summed E-state index contributed by atoms with van der Waals surface area (Å²) in [6.45, 7) is 1.62. The number of rotatable bonds is 2. The maximum absolute atomic E-state index is 13.1. The van der Waals surface area contributed by atoms with Crippen molar-refractivity contribution in [3.05, 3.63) is 78.3 Å². The Bertz CT molecular complexity index is 842. The first kappa shape index (κ1) is 15.0. The average molecular weight is 341 g/mol. The van der Waals surface area contributed by atoms with Gasteiger partial charge >= 0.3 is 0 Å². The molecule has 1 unspecified atom stereocenters. The number of nitrogens with zero attached hydrogens (tertiary/aromatic N) is 2. The van der Waals surface area contributed by atoms with Gasteiger partial charge in [-0.15, -0.1) is 0 Å². The lowest BCUT2D eigenvalue weighted by molar-refractivity contribution is 0.261. The summed E-state index contributed by atoms with van der Waals surface area (Å²) in [6, 6.07) is 14.1. The lowest BCUT2D eigenvalue weighted by Gasteiger charge is -2.37. The van der Waals surface area contributed by atoms with Gasteiger partial charge in [-0.1, -0.05) is 0 Å². The monoisotopic (exact) mass is 341 g/mol. The number of aromatic nitrogens is 1. The number of hydrogen-bond acceptors (Lipinski definition) is 2. The van der Waals surface area contributed by atoms with E-state index in [9.17, 15) is 4.39 Å². The van der Waals surface area contributed by atoms with Crippen molar-refractivity contribution in [1.29, 1.82) is 0 Å². The maximum Gasteiger partial charge on any atom is 0.174 e. The highest BCUT2D eigenvalue weighted by atomic mass is 32.1. The molecular formula is C18H16FN3OS. The average Bonchev–Trinajstić information content (AvgIpc) is 3.27. The van der Waals surface area contributed by atoms with Crippen LogP contribution in [0.2, 0.25) is 0 Å². The molecule has 2 aromatic heterocycles. The van der Waals surface area contributed by atoms with Gasteiger partial charge in [-0.3, -0.25) is 0 Å². The molecule has 0 saturated heterocycles. The summed E-state index contributed by atoms with van der Waals surface area (Å²) in [7, 11) is 0. The molecule has 3 aromatic rings. The smallest absolute Gasteiger partial charge is 0.174 e. The minimum atomic E-state index is -0.268. The van der Waals surface area contributed by atoms with Crippen LogP contribution in [-0.2, 0) is 6.54 Å². The molecule has 4 nitrogen and oxygen atoms in total. The highest BCUT2D eigenvalue weighted by Crippen LogP contribution is 2.33. The molecule has 0 saturated carbocycles. The van der Waals surface area contributed by atoms with Crippen LogP contribution in [-0.4, -0.2) is 21.1 Å². The van der Waals surface area contributed by atoms with Crippen molar-refractivity contribution in [2.45, 2.75) is 12.6 Å². The number of nitrogens with one attached hydrogen (secondary N) is 1. The van der Waals surface area contributed by atoms with Crippen LogP contribution >= 0.6 is 12.2 Å². The third-order valence-electron chi connectivity index (χ3n) is 4.21. The summed E-state index contributed by atoms with van der Waals surface area (Å²) in [6.07, 6.45) is 3.74. The second-order valence-electron chi connectivity index (χ2n) is 5.67. The van der Waals surface area contributed by atoms with Crippen LogP contribution in [0.5, 0.6) is 0 Å². The predicted molar refractivity (Wildman–Crippen MR) is 94.3 cm³/mol. The van der Waals surface area contributed by atoms with Crippen LogP contribution in [0.25, 0.3) is 0 Å². The van der Waals surface area contributed by atoms with Gasteiger partial charge in [0.2, 0.25) is 0 Å². The summed E-state index contributed by atoms with van der Waals surface area (Å²) in [4.78, 5) is 2.10. The molecule has 1 atom stereocenters. The van der Waals surface area contributed by atoms with E-state index in [2.05, 4.69) is 27.0 Å². The van der Waals surface area contributed by atoms with Crippen LogP contribution in [0.3, 0.4) is 0 Å². The van der Waals surface area contributed by atoms with Crippen LogP contribution in [0.1, 0.15) is 17.5 Å². The Morgan fingerprint density at radius 1 is 1.12 bits per heavy atom. The Kier molecular flexibility index (Phi) is 3.82. The fraction of sp³-hybridized carbons (Fsp3) is 0.167. The Morgan fingerprint density at radius 2 is 1.96 bits per heavy atom. The zero-order valence-electron chi connectivity index (χ0n) is 12.9. The first-order valence-electron chi connectivity index (χ1n) is 7.74. The fourth-order valence-electron chi connectivity index (χ4n) is 3.08. The van der Waals surface area contributed by atoms with E-state index >= 15 is 0 Å². The number of benzene rings is 1. The van der Waals surface area contributed by atoms with Gasteiger partial charge in [-0.05, 0) is 60.7 Å². The molecule has 1 aromatic carbocycles. The summed E-state index contributed by atoms with van der Waals surface area (Å²) in [5, 5.41) is 3.79. The van der Waals surface area contributed by atoms with Crippen molar-refractivity contribution in [2.24, 2.45) is 0 Å². The molecule has 6 heteroatoms. The minimum Gasteiger partial charge on any atom is -0.467 e. The molecular weight excluding hydrogens is 325 g/mol. The Labute approximate surface area is 144 Å². The van der Waals surface area contributed by atoms with E-state index in [-0.39, 0.29) is 11.9 Å². The van der Waals surface area contributed by atoms with E-state index in [1.54, 1.807) is 18.4 Å². The normalized spacial score (nSPS) is 16.7. The molecule has 0 spiro atoms. The Balaban J connectivity index is 1.63. The fourth-order valence-corrected chi connectivity index (χ4v) is 3.39. The van der Waals surface area contributed by atoms with Crippen LogP contribution in [0, 0.1) is 5.82 Å². The molecule has 0 bridgehead atoms. The molecule has 3 heterocycles. The zero-order chi connectivity index (χ0) is 16.5. The van der Waals surface area contributed by atoms with Crippen LogP contribution in [0.15, 0.2) is 65.4 Å². The first-order valence-corrected chi connectivity index (χ1v) is 8.15. The molecule has 0 amide bonds. The van der Waals surface area contributed by atoms with E-state index in [0.717, 1.165) is 30.2 Å². The van der Waals surface area contributed by atoms with Crippen molar-refractivity contribution in [1.82, 2.24) is 9.47 Å². The van der Waals surface area contributed by atoms with Crippen molar-refractivity contribution in [3.63, 3.8) is 0 Å². The van der Waals surface area contributed by atoms with E-state index < -0.39 is 0 Å². The lowest BCUT2D eigenvalue weighted by Crippen LogP contribution is -2.44. The second kappa shape index (κ2) is 6.13. The minimum absolute atomic E-state index is 0.0794. The second-order valence-corrected chi connectivity index (χ2v) is 6.06. The lowest BCUT2D eigenvalue weighted by atomic mass is 10.1. The van der Waals surface area contributed by atoms with Gasteiger partial charge in [0.05, 0.1) is 6.26 Å². The van der Waals surface area contributed by atoms with Crippen molar-refractivity contribution in [2.75, 3.05) is 11.9 Å². The molecule has 1 aliphatic rings. The van der Waals surface area contributed by atoms with Crippen molar-refractivity contribution >= 4 is 23.0 Å². The quantitative estimate of drug-likeness (QED) is 0.714. The largest absolute Gasteiger partial charge is 0.467 e.